The van der Waals surface area contributed by atoms with E-state index >= 15 is 0 Å². The van der Waals surface area contributed by atoms with Crippen LogP contribution in [0.25, 0.3) is 0 Å². The smallest absolute Gasteiger partial charge is 0.276 e. The molecule has 4 rings (SSSR count). The zero-order valence-electron chi connectivity index (χ0n) is 19.4. The third-order valence-corrected chi connectivity index (χ3v) is 5.74. The topological polar surface area (TPSA) is 74.0 Å². The van der Waals surface area contributed by atoms with Crippen molar-refractivity contribution in [2.75, 3.05) is 5.32 Å². The number of amides is 1. The molecule has 0 fully saturated rings. The molecule has 1 N–H and O–H groups in total. The summed E-state index contributed by atoms with van der Waals surface area (Å²) in [6.45, 7) is 8.22. The Morgan fingerprint density at radius 2 is 1.79 bits per heavy atom. The fourth-order valence-corrected chi connectivity index (χ4v) is 3.96. The fourth-order valence-electron chi connectivity index (χ4n) is 3.73. The average Bonchev–Trinajstić information content (AvgIpc) is 3.34. The highest BCUT2D eigenvalue weighted by atomic mass is 35.5. The number of ether oxygens (including phenoxy) is 1. The van der Waals surface area contributed by atoms with Crippen molar-refractivity contribution < 1.29 is 13.9 Å². The molecule has 0 radical (unpaired) electrons. The van der Waals surface area contributed by atoms with Gasteiger partial charge in [0, 0.05) is 11.2 Å². The van der Waals surface area contributed by atoms with E-state index < -0.39 is 5.82 Å². The first-order chi connectivity index (χ1) is 16.2. The fraction of sp³-hybridized carbons (Fsp3) is 0.240. The van der Waals surface area contributed by atoms with Gasteiger partial charge >= 0.3 is 0 Å². The standard InChI is InChI=1S/C25H25ClFN5O2/c1-15-9-16(2)11-21(10-15)34-14-31-8-7-23(30-31)25(33)28-24-17(3)29-32(18(24)4)13-19-5-6-20(27)12-22(19)26/h5-12H,13-14H2,1-4H3,(H,28,33). The van der Waals surface area contributed by atoms with Crippen molar-refractivity contribution >= 4 is 23.2 Å². The lowest BCUT2D eigenvalue weighted by Gasteiger charge is -2.09. The number of anilines is 1. The second-order valence-corrected chi connectivity index (χ2v) is 8.64. The number of aryl methyl sites for hydroxylation is 3. The molecule has 0 saturated heterocycles. The van der Waals surface area contributed by atoms with Crippen LogP contribution >= 0.6 is 11.6 Å². The number of rotatable bonds is 7. The molecule has 9 heteroatoms. The molecule has 0 bridgehead atoms. The number of nitrogens with one attached hydrogen (secondary N) is 1. The lowest BCUT2D eigenvalue weighted by atomic mass is 10.1. The number of aromatic nitrogens is 4. The molecule has 2 aromatic carbocycles. The summed E-state index contributed by atoms with van der Waals surface area (Å²) < 4.78 is 22.4. The summed E-state index contributed by atoms with van der Waals surface area (Å²) in [7, 11) is 0. The van der Waals surface area contributed by atoms with Gasteiger partial charge in [-0.25, -0.2) is 9.07 Å². The number of hydrogen-bond donors (Lipinski definition) is 1. The van der Waals surface area contributed by atoms with Gasteiger partial charge in [0.25, 0.3) is 5.91 Å². The van der Waals surface area contributed by atoms with E-state index in [9.17, 15) is 9.18 Å². The van der Waals surface area contributed by atoms with Gasteiger partial charge in [-0.1, -0.05) is 23.7 Å². The second kappa shape index (κ2) is 9.69. The van der Waals surface area contributed by atoms with Crippen LogP contribution in [0.2, 0.25) is 5.02 Å². The molecular formula is C25H25ClFN5O2. The van der Waals surface area contributed by atoms with E-state index in [0.29, 0.717) is 22.9 Å². The Morgan fingerprint density at radius 1 is 1.06 bits per heavy atom. The first kappa shape index (κ1) is 23.5. The lowest BCUT2D eigenvalue weighted by molar-refractivity contribution is 0.102. The summed E-state index contributed by atoms with van der Waals surface area (Å²) >= 11 is 6.15. The van der Waals surface area contributed by atoms with Gasteiger partial charge in [-0.05, 0) is 74.7 Å². The lowest BCUT2D eigenvalue weighted by Crippen LogP contribution is -2.15. The zero-order chi connectivity index (χ0) is 24.4. The number of halogens is 2. The molecule has 2 aromatic heterocycles. The Morgan fingerprint density at radius 3 is 2.50 bits per heavy atom. The maximum absolute atomic E-state index is 13.3. The number of nitrogens with zero attached hydrogens (tertiary/aromatic N) is 4. The van der Waals surface area contributed by atoms with Crippen molar-refractivity contribution in [3.63, 3.8) is 0 Å². The molecule has 4 aromatic rings. The van der Waals surface area contributed by atoms with Crippen molar-refractivity contribution in [2.24, 2.45) is 0 Å². The molecule has 0 aliphatic carbocycles. The van der Waals surface area contributed by atoms with Crippen LogP contribution in [0.15, 0.2) is 48.7 Å². The van der Waals surface area contributed by atoms with Crippen LogP contribution in [0, 0.1) is 33.5 Å². The van der Waals surface area contributed by atoms with Gasteiger partial charge in [0.2, 0.25) is 0 Å². The Hall–Kier alpha value is -3.65. The minimum atomic E-state index is -0.395. The van der Waals surface area contributed by atoms with E-state index in [1.165, 1.54) is 12.1 Å². The molecule has 34 heavy (non-hydrogen) atoms. The molecule has 0 spiro atoms. The molecule has 176 valence electrons. The molecule has 1 amide bonds. The van der Waals surface area contributed by atoms with Crippen molar-refractivity contribution in [1.29, 1.82) is 0 Å². The van der Waals surface area contributed by atoms with E-state index in [1.807, 2.05) is 39.8 Å². The van der Waals surface area contributed by atoms with Crippen molar-refractivity contribution in [1.82, 2.24) is 19.6 Å². The van der Waals surface area contributed by atoms with E-state index in [1.54, 1.807) is 27.7 Å². The largest absolute Gasteiger partial charge is 0.471 e. The second-order valence-electron chi connectivity index (χ2n) is 8.23. The normalized spacial score (nSPS) is 11.0. The number of carbonyl (C=O) groups excluding carboxylic acids is 1. The van der Waals surface area contributed by atoms with E-state index in [0.717, 1.165) is 28.1 Å². The van der Waals surface area contributed by atoms with Crippen LogP contribution in [-0.2, 0) is 13.3 Å². The van der Waals surface area contributed by atoms with Crippen LogP contribution in [0.1, 0.15) is 38.6 Å². The van der Waals surface area contributed by atoms with Crippen LogP contribution in [-0.4, -0.2) is 25.5 Å². The number of benzene rings is 2. The zero-order valence-corrected chi connectivity index (χ0v) is 20.2. The summed E-state index contributed by atoms with van der Waals surface area (Å²) in [5.74, 6) is 0.00328. The average molecular weight is 482 g/mol. The first-order valence-electron chi connectivity index (χ1n) is 10.7. The van der Waals surface area contributed by atoms with Crippen LogP contribution in [0.5, 0.6) is 5.75 Å². The highest BCUT2D eigenvalue weighted by molar-refractivity contribution is 6.31. The highest BCUT2D eigenvalue weighted by Gasteiger charge is 2.18. The minimum Gasteiger partial charge on any atom is -0.471 e. The maximum Gasteiger partial charge on any atom is 0.276 e. The van der Waals surface area contributed by atoms with Gasteiger partial charge in [-0.3, -0.25) is 9.48 Å². The summed E-state index contributed by atoms with van der Waals surface area (Å²) in [6.07, 6.45) is 1.69. The molecular weight excluding hydrogens is 457 g/mol. The van der Waals surface area contributed by atoms with E-state index in [2.05, 4.69) is 21.6 Å². The molecule has 0 saturated carbocycles. The van der Waals surface area contributed by atoms with Gasteiger partial charge in [0.1, 0.15) is 11.6 Å². The van der Waals surface area contributed by atoms with Gasteiger partial charge in [0.15, 0.2) is 12.4 Å². The van der Waals surface area contributed by atoms with Gasteiger partial charge in [0.05, 0.1) is 23.6 Å². The predicted molar refractivity (Wildman–Crippen MR) is 129 cm³/mol. The van der Waals surface area contributed by atoms with Gasteiger partial charge in [-0.15, -0.1) is 0 Å². The van der Waals surface area contributed by atoms with Gasteiger partial charge in [-0.2, -0.15) is 10.2 Å². The van der Waals surface area contributed by atoms with Crippen LogP contribution < -0.4 is 10.1 Å². The molecule has 7 nitrogen and oxygen atoms in total. The molecule has 0 unspecified atom stereocenters. The summed E-state index contributed by atoms with van der Waals surface area (Å²) in [6, 6.07) is 11.9. The summed E-state index contributed by atoms with van der Waals surface area (Å²) in [5.41, 5.74) is 5.23. The van der Waals surface area contributed by atoms with Crippen LogP contribution in [0.4, 0.5) is 10.1 Å². The third-order valence-electron chi connectivity index (χ3n) is 5.39. The van der Waals surface area contributed by atoms with Crippen molar-refractivity contribution in [2.45, 2.75) is 41.0 Å². The molecule has 0 aliphatic rings. The highest BCUT2D eigenvalue weighted by Crippen LogP contribution is 2.24. The Bertz CT molecular complexity index is 1340. The summed E-state index contributed by atoms with van der Waals surface area (Å²) in [5, 5.41) is 12.0. The summed E-state index contributed by atoms with van der Waals surface area (Å²) in [4.78, 5) is 12.8. The van der Waals surface area contributed by atoms with Crippen molar-refractivity contribution in [3.05, 3.63) is 93.3 Å². The Balaban J connectivity index is 1.43. The Labute approximate surface area is 202 Å². The van der Waals surface area contributed by atoms with E-state index in [4.69, 9.17) is 16.3 Å². The maximum atomic E-state index is 13.3. The van der Waals surface area contributed by atoms with Crippen molar-refractivity contribution in [3.8, 4) is 5.75 Å². The number of carbonyl (C=O) groups is 1. The number of hydrogen-bond acceptors (Lipinski definition) is 4. The molecule has 2 heterocycles. The quantitative estimate of drug-likeness (QED) is 0.381. The minimum absolute atomic E-state index is 0.185. The Kier molecular flexibility index (Phi) is 6.70. The third kappa shape index (κ3) is 5.28. The van der Waals surface area contributed by atoms with Crippen LogP contribution in [0.3, 0.4) is 0 Å². The monoisotopic (exact) mass is 481 g/mol. The first-order valence-corrected chi connectivity index (χ1v) is 11.1. The molecule has 0 atom stereocenters. The van der Waals surface area contributed by atoms with E-state index in [-0.39, 0.29) is 18.3 Å². The molecule has 0 aliphatic heterocycles. The van der Waals surface area contributed by atoms with Gasteiger partial charge < -0.3 is 10.1 Å². The SMILES string of the molecule is Cc1cc(C)cc(OCn2ccc(C(=O)Nc3c(C)nn(Cc4ccc(F)cc4Cl)c3C)n2)c1. The predicted octanol–water partition coefficient (Wildman–Crippen LogP) is 5.44.